The fraction of sp³-hybridized carbons (Fsp3) is 0.267. The largest absolute Gasteiger partial charge is 0.422 e. The maximum Gasteiger partial charge on any atom is 0.323 e. The lowest BCUT2D eigenvalue weighted by molar-refractivity contribution is 0.438. The molecule has 0 aliphatic carbocycles. The van der Waals surface area contributed by atoms with E-state index < -0.39 is 0 Å². The average molecular weight is 281 g/mol. The van der Waals surface area contributed by atoms with Crippen molar-refractivity contribution in [2.24, 2.45) is 0 Å². The van der Waals surface area contributed by atoms with Crippen molar-refractivity contribution in [1.29, 1.82) is 5.26 Å². The number of aromatic nitrogens is 2. The van der Waals surface area contributed by atoms with Crippen molar-refractivity contribution in [3.63, 3.8) is 0 Å². The normalized spacial score (nSPS) is 14.5. The molecule has 0 atom stereocenters. The van der Waals surface area contributed by atoms with E-state index in [-0.39, 0.29) is 6.01 Å². The molecule has 21 heavy (non-hydrogen) atoms. The average Bonchev–Trinajstić information content (AvgIpc) is 2.56. The molecule has 1 aliphatic rings. The van der Waals surface area contributed by atoms with Crippen LogP contribution in [0.5, 0.6) is 11.8 Å². The van der Waals surface area contributed by atoms with Crippen LogP contribution in [0.1, 0.15) is 5.69 Å². The van der Waals surface area contributed by atoms with Crippen molar-refractivity contribution in [2.75, 3.05) is 31.1 Å². The van der Waals surface area contributed by atoms with Crippen LogP contribution in [0.4, 0.5) is 5.69 Å². The third-order valence-corrected chi connectivity index (χ3v) is 3.27. The summed E-state index contributed by atoms with van der Waals surface area (Å²) in [6.07, 6.45) is 1.52. The Kier molecular flexibility index (Phi) is 3.94. The van der Waals surface area contributed by atoms with Gasteiger partial charge in [0.1, 0.15) is 11.8 Å². The number of nitriles is 1. The predicted molar refractivity (Wildman–Crippen MR) is 78.3 cm³/mol. The molecule has 6 heteroatoms. The van der Waals surface area contributed by atoms with Crippen molar-refractivity contribution < 1.29 is 4.74 Å². The summed E-state index contributed by atoms with van der Waals surface area (Å²) in [7, 11) is 0. The zero-order valence-corrected chi connectivity index (χ0v) is 11.5. The molecule has 6 nitrogen and oxygen atoms in total. The monoisotopic (exact) mass is 281 g/mol. The van der Waals surface area contributed by atoms with Gasteiger partial charge in [0, 0.05) is 32.4 Å². The molecule has 0 radical (unpaired) electrons. The first-order valence-electron chi connectivity index (χ1n) is 6.82. The van der Waals surface area contributed by atoms with Crippen molar-refractivity contribution in [3.8, 4) is 17.8 Å². The Morgan fingerprint density at radius 3 is 2.81 bits per heavy atom. The number of nitrogens with zero attached hydrogens (tertiary/aromatic N) is 4. The molecule has 2 heterocycles. The van der Waals surface area contributed by atoms with Crippen molar-refractivity contribution in [3.05, 3.63) is 42.2 Å². The number of nitrogens with one attached hydrogen (secondary N) is 1. The van der Waals surface area contributed by atoms with Gasteiger partial charge in [0.25, 0.3) is 0 Å². The van der Waals surface area contributed by atoms with Gasteiger partial charge in [0.2, 0.25) is 0 Å². The topological polar surface area (TPSA) is 74.1 Å². The molecule has 106 valence electrons. The summed E-state index contributed by atoms with van der Waals surface area (Å²) in [4.78, 5) is 10.4. The maximum atomic E-state index is 8.88. The lowest BCUT2D eigenvalue weighted by atomic mass is 10.2. The van der Waals surface area contributed by atoms with Gasteiger partial charge in [-0.2, -0.15) is 10.2 Å². The van der Waals surface area contributed by atoms with Crippen LogP contribution < -0.4 is 15.0 Å². The van der Waals surface area contributed by atoms with E-state index in [1.54, 1.807) is 6.07 Å². The van der Waals surface area contributed by atoms with Crippen LogP contribution in [0.15, 0.2) is 36.5 Å². The highest BCUT2D eigenvalue weighted by Crippen LogP contribution is 2.30. The van der Waals surface area contributed by atoms with Gasteiger partial charge in [0.05, 0.1) is 5.69 Å². The number of hydrogen-bond donors (Lipinski definition) is 1. The number of para-hydroxylation sites is 2. The van der Waals surface area contributed by atoms with E-state index in [9.17, 15) is 0 Å². The van der Waals surface area contributed by atoms with Gasteiger partial charge in [-0.25, -0.2) is 4.98 Å². The number of rotatable bonds is 3. The highest BCUT2D eigenvalue weighted by molar-refractivity contribution is 5.59. The third-order valence-electron chi connectivity index (χ3n) is 3.27. The van der Waals surface area contributed by atoms with E-state index in [0.717, 1.165) is 31.9 Å². The molecule has 1 N–H and O–H groups in total. The lowest BCUT2D eigenvalue weighted by Crippen LogP contribution is -2.43. The molecule has 0 spiro atoms. The van der Waals surface area contributed by atoms with Crippen LogP contribution in [0, 0.1) is 11.3 Å². The Balaban J connectivity index is 1.86. The van der Waals surface area contributed by atoms with Gasteiger partial charge in [0.15, 0.2) is 5.75 Å². The Bertz CT molecular complexity index is 661. The number of ether oxygens (including phenoxy) is 1. The van der Waals surface area contributed by atoms with Crippen LogP contribution in [-0.4, -0.2) is 36.1 Å². The Hall–Kier alpha value is -2.65. The van der Waals surface area contributed by atoms with Gasteiger partial charge in [-0.15, -0.1) is 0 Å². The molecule has 0 unspecified atom stereocenters. The van der Waals surface area contributed by atoms with E-state index in [0.29, 0.717) is 11.4 Å². The zero-order valence-electron chi connectivity index (χ0n) is 11.5. The van der Waals surface area contributed by atoms with Crippen LogP contribution in [0.2, 0.25) is 0 Å². The van der Waals surface area contributed by atoms with E-state index in [2.05, 4.69) is 20.2 Å². The molecule has 3 rings (SSSR count). The summed E-state index contributed by atoms with van der Waals surface area (Å²) < 4.78 is 5.77. The summed E-state index contributed by atoms with van der Waals surface area (Å²) in [6, 6.07) is 11.5. The molecular formula is C15H15N5O. The van der Waals surface area contributed by atoms with Crippen LogP contribution >= 0.6 is 0 Å². The van der Waals surface area contributed by atoms with E-state index in [4.69, 9.17) is 10.00 Å². The fourth-order valence-corrected chi connectivity index (χ4v) is 2.26. The van der Waals surface area contributed by atoms with E-state index >= 15 is 0 Å². The Morgan fingerprint density at radius 1 is 1.19 bits per heavy atom. The molecule has 0 bridgehead atoms. The summed E-state index contributed by atoms with van der Waals surface area (Å²) >= 11 is 0. The highest BCUT2D eigenvalue weighted by atomic mass is 16.5. The van der Waals surface area contributed by atoms with Gasteiger partial charge in [-0.3, -0.25) is 0 Å². The molecular weight excluding hydrogens is 266 g/mol. The van der Waals surface area contributed by atoms with Gasteiger partial charge >= 0.3 is 6.01 Å². The first-order chi connectivity index (χ1) is 10.4. The molecule has 1 aromatic carbocycles. The molecule has 0 saturated carbocycles. The standard InChI is InChI=1S/C15H15N5O/c16-11-12-5-6-18-15(19-12)21-14-4-2-1-3-13(14)20-9-7-17-8-10-20/h1-6,17H,7-10H2. The predicted octanol–water partition coefficient (Wildman–Crippen LogP) is 1.55. The Morgan fingerprint density at radius 2 is 2.00 bits per heavy atom. The summed E-state index contributed by atoms with van der Waals surface area (Å²) in [5, 5.41) is 12.2. The Labute approximate surface area is 123 Å². The number of benzene rings is 1. The minimum Gasteiger partial charge on any atom is -0.422 e. The quantitative estimate of drug-likeness (QED) is 0.920. The van der Waals surface area contributed by atoms with Crippen LogP contribution in [0.25, 0.3) is 0 Å². The third kappa shape index (κ3) is 3.09. The van der Waals surface area contributed by atoms with Crippen LogP contribution in [-0.2, 0) is 0 Å². The van der Waals surface area contributed by atoms with E-state index in [1.165, 1.54) is 6.20 Å². The molecule has 0 amide bonds. The summed E-state index contributed by atoms with van der Waals surface area (Å²) in [6.45, 7) is 3.77. The number of piperazine rings is 1. The van der Waals surface area contributed by atoms with Gasteiger partial charge in [-0.05, 0) is 18.2 Å². The zero-order chi connectivity index (χ0) is 14.5. The second-order valence-corrected chi connectivity index (χ2v) is 4.64. The SMILES string of the molecule is N#Cc1ccnc(Oc2ccccc2N2CCNCC2)n1. The molecule has 1 saturated heterocycles. The second kappa shape index (κ2) is 6.20. The lowest BCUT2D eigenvalue weighted by Gasteiger charge is -2.30. The molecule has 1 aliphatic heterocycles. The first kappa shape index (κ1) is 13.3. The minimum atomic E-state index is 0.191. The van der Waals surface area contributed by atoms with Crippen molar-refractivity contribution in [1.82, 2.24) is 15.3 Å². The molecule has 1 aromatic heterocycles. The van der Waals surface area contributed by atoms with Crippen molar-refractivity contribution in [2.45, 2.75) is 0 Å². The van der Waals surface area contributed by atoms with Crippen molar-refractivity contribution >= 4 is 5.69 Å². The van der Waals surface area contributed by atoms with Crippen LogP contribution in [0.3, 0.4) is 0 Å². The first-order valence-corrected chi connectivity index (χ1v) is 6.82. The second-order valence-electron chi connectivity index (χ2n) is 4.64. The van der Waals surface area contributed by atoms with Gasteiger partial charge in [-0.1, -0.05) is 12.1 Å². The fourth-order valence-electron chi connectivity index (χ4n) is 2.26. The molecule has 2 aromatic rings. The summed E-state index contributed by atoms with van der Waals surface area (Å²) in [5.41, 5.74) is 1.31. The maximum absolute atomic E-state index is 8.88. The van der Waals surface area contributed by atoms with E-state index in [1.807, 2.05) is 30.3 Å². The van der Waals surface area contributed by atoms with Gasteiger partial charge < -0.3 is 15.0 Å². The molecule has 1 fully saturated rings. The smallest absolute Gasteiger partial charge is 0.323 e. The minimum absolute atomic E-state index is 0.191. The number of hydrogen-bond acceptors (Lipinski definition) is 6. The highest BCUT2D eigenvalue weighted by Gasteiger charge is 2.15. The summed E-state index contributed by atoms with van der Waals surface area (Å²) in [5.74, 6) is 0.703. The number of anilines is 1.